The average molecular weight is 276 g/mol. The lowest BCUT2D eigenvalue weighted by Gasteiger charge is -2.45. The number of hydrogen-bond acceptors (Lipinski definition) is 3. The van der Waals surface area contributed by atoms with E-state index >= 15 is 0 Å². The van der Waals surface area contributed by atoms with E-state index in [-0.39, 0.29) is 11.8 Å². The largest absolute Gasteiger partial charge is 0.490 e. The first-order valence-corrected chi connectivity index (χ1v) is 7.36. The van der Waals surface area contributed by atoms with Crippen LogP contribution in [-0.2, 0) is 4.79 Å². The summed E-state index contributed by atoms with van der Waals surface area (Å²) in [6.45, 7) is 2.74. The zero-order chi connectivity index (χ0) is 14.4. The van der Waals surface area contributed by atoms with Crippen molar-refractivity contribution in [2.24, 2.45) is 0 Å². The summed E-state index contributed by atoms with van der Waals surface area (Å²) in [6.07, 6.45) is 4.96. The molecule has 0 unspecified atom stereocenters. The second kappa shape index (κ2) is 6.75. The van der Waals surface area contributed by atoms with Crippen molar-refractivity contribution in [3.05, 3.63) is 30.3 Å². The molecule has 2 rings (SSSR count). The van der Waals surface area contributed by atoms with Crippen molar-refractivity contribution in [1.82, 2.24) is 10.2 Å². The third-order valence-electron chi connectivity index (χ3n) is 4.29. The maximum Gasteiger partial charge on any atom is 0.211 e. The van der Waals surface area contributed by atoms with Crippen LogP contribution in [0.5, 0.6) is 5.75 Å². The van der Waals surface area contributed by atoms with Gasteiger partial charge in [-0.25, -0.2) is 0 Å². The number of carbonyl (C=O) groups excluding carboxylic acids is 1. The fourth-order valence-corrected chi connectivity index (χ4v) is 3.04. The number of para-hydroxylation sites is 1. The van der Waals surface area contributed by atoms with Crippen LogP contribution in [0.3, 0.4) is 0 Å². The van der Waals surface area contributed by atoms with Gasteiger partial charge in [0.1, 0.15) is 5.75 Å². The molecule has 1 aromatic carbocycles. The van der Waals surface area contributed by atoms with Crippen LogP contribution in [0.1, 0.15) is 32.6 Å². The fraction of sp³-hybridized carbons (Fsp3) is 0.562. The summed E-state index contributed by atoms with van der Waals surface area (Å²) in [5.41, 5.74) is -0.201. The van der Waals surface area contributed by atoms with E-state index in [1.54, 1.807) is 0 Å². The number of ether oxygens (including phenoxy) is 1. The maximum atomic E-state index is 11.2. The molecule has 20 heavy (non-hydrogen) atoms. The lowest BCUT2D eigenvalue weighted by molar-refractivity contribution is -0.127. The van der Waals surface area contributed by atoms with Gasteiger partial charge in [0.25, 0.3) is 0 Å². The third kappa shape index (κ3) is 3.12. The van der Waals surface area contributed by atoms with E-state index in [1.165, 1.54) is 0 Å². The minimum absolute atomic E-state index is 0.201. The molecule has 0 atom stereocenters. The Kier molecular flexibility index (Phi) is 5.01. The Morgan fingerprint density at radius 2 is 2.00 bits per heavy atom. The van der Waals surface area contributed by atoms with Gasteiger partial charge in [-0.15, -0.1) is 0 Å². The van der Waals surface area contributed by atoms with Crippen molar-refractivity contribution in [2.75, 3.05) is 13.6 Å². The van der Waals surface area contributed by atoms with Crippen molar-refractivity contribution >= 4 is 6.41 Å². The van der Waals surface area contributed by atoms with Gasteiger partial charge in [0.2, 0.25) is 6.41 Å². The zero-order valence-corrected chi connectivity index (χ0v) is 12.3. The number of hydrogen-bond donors (Lipinski definition) is 1. The van der Waals surface area contributed by atoms with Crippen LogP contribution in [0.4, 0.5) is 0 Å². The van der Waals surface area contributed by atoms with Crippen molar-refractivity contribution in [2.45, 2.75) is 44.4 Å². The Labute approximate surface area is 121 Å². The molecule has 1 aliphatic rings. The van der Waals surface area contributed by atoms with Gasteiger partial charge in [0, 0.05) is 6.54 Å². The van der Waals surface area contributed by atoms with Crippen molar-refractivity contribution < 1.29 is 9.53 Å². The van der Waals surface area contributed by atoms with Gasteiger partial charge in [-0.05, 0) is 51.8 Å². The Morgan fingerprint density at radius 1 is 1.35 bits per heavy atom. The predicted molar refractivity (Wildman–Crippen MR) is 79.6 cm³/mol. The normalized spacial score (nSPS) is 26.0. The number of nitrogens with one attached hydrogen (secondary N) is 1. The van der Waals surface area contributed by atoms with Crippen LogP contribution >= 0.6 is 0 Å². The fourth-order valence-electron chi connectivity index (χ4n) is 3.04. The van der Waals surface area contributed by atoms with Crippen LogP contribution in [-0.4, -0.2) is 36.7 Å². The van der Waals surface area contributed by atoms with E-state index in [1.807, 2.05) is 49.2 Å². The number of benzene rings is 1. The molecule has 0 radical (unpaired) electrons. The SMILES string of the molecule is CCN(C=O)C1(NC)CCC(Oc2ccccc2)CC1. The lowest BCUT2D eigenvalue weighted by Crippen LogP contribution is -2.59. The topological polar surface area (TPSA) is 41.6 Å². The number of nitrogens with zero attached hydrogens (tertiary/aromatic N) is 1. The highest BCUT2D eigenvalue weighted by Crippen LogP contribution is 2.32. The molecule has 110 valence electrons. The molecule has 4 nitrogen and oxygen atoms in total. The third-order valence-corrected chi connectivity index (χ3v) is 4.29. The molecule has 0 aromatic heterocycles. The summed E-state index contributed by atoms with van der Waals surface area (Å²) in [4.78, 5) is 13.1. The standard InChI is InChI=1S/C16H24N2O2/c1-3-18(13-19)16(17-2)11-9-15(10-12-16)20-14-7-5-4-6-8-14/h4-8,13,15,17H,3,9-12H2,1-2H3. The second-order valence-corrected chi connectivity index (χ2v) is 5.30. The summed E-state index contributed by atoms with van der Waals surface area (Å²) >= 11 is 0. The molecule has 0 aliphatic heterocycles. The molecule has 1 N–H and O–H groups in total. The van der Waals surface area contributed by atoms with Crippen molar-refractivity contribution in [1.29, 1.82) is 0 Å². The van der Waals surface area contributed by atoms with Crippen molar-refractivity contribution in [3.63, 3.8) is 0 Å². The molecule has 4 heteroatoms. The Bertz CT molecular complexity index is 414. The molecular formula is C16H24N2O2. The quantitative estimate of drug-likeness (QED) is 0.641. The number of amides is 1. The van der Waals surface area contributed by atoms with Gasteiger partial charge in [-0.3, -0.25) is 10.1 Å². The molecule has 1 saturated carbocycles. The van der Waals surface area contributed by atoms with Crippen LogP contribution in [0.2, 0.25) is 0 Å². The summed E-state index contributed by atoms with van der Waals surface area (Å²) in [5.74, 6) is 0.928. The highest BCUT2D eigenvalue weighted by atomic mass is 16.5. The molecule has 0 bridgehead atoms. The molecule has 0 spiro atoms. The average Bonchev–Trinajstić information content (AvgIpc) is 2.51. The van der Waals surface area contributed by atoms with Crippen LogP contribution in [0.25, 0.3) is 0 Å². The van der Waals surface area contributed by atoms with Gasteiger partial charge >= 0.3 is 0 Å². The molecule has 1 amide bonds. The molecule has 1 fully saturated rings. The highest BCUT2D eigenvalue weighted by molar-refractivity contribution is 5.48. The van der Waals surface area contributed by atoms with Crippen LogP contribution < -0.4 is 10.1 Å². The molecule has 1 aliphatic carbocycles. The van der Waals surface area contributed by atoms with E-state index in [2.05, 4.69) is 5.32 Å². The Hall–Kier alpha value is -1.55. The molecule has 0 saturated heterocycles. The van der Waals surface area contributed by atoms with E-state index in [0.717, 1.165) is 44.4 Å². The predicted octanol–water partition coefficient (Wildman–Crippen LogP) is 2.40. The zero-order valence-electron chi connectivity index (χ0n) is 12.3. The number of rotatable bonds is 6. The molecular weight excluding hydrogens is 252 g/mol. The minimum Gasteiger partial charge on any atom is -0.490 e. The van der Waals surface area contributed by atoms with Crippen LogP contribution in [0, 0.1) is 0 Å². The van der Waals surface area contributed by atoms with Gasteiger partial charge < -0.3 is 9.64 Å². The van der Waals surface area contributed by atoms with E-state index < -0.39 is 0 Å². The maximum absolute atomic E-state index is 11.2. The number of carbonyl (C=O) groups is 1. The van der Waals surface area contributed by atoms with E-state index in [4.69, 9.17) is 4.74 Å². The Balaban J connectivity index is 1.95. The monoisotopic (exact) mass is 276 g/mol. The lowest BCUT2D eigenvalue weighted by atomic mass is 9.86. The minimum atomic E-state index is -0.201. The first-order chi connectivity index (χ1) is 9.74. The first-order valence-electron chi connectivity index (χ1n) is 7.36. The van der Waals surface area contributed by atoms with Crippen LogP contribution in [0.15, 0.2) is 30.3 Å². The second-order valence-electron chi connectivity index (χ2n) is 5.30. The summed E-state index contributed by atoms with van der Waals surface area (Å²) < 4.78 is 6.01. The summed E-state index contributed by atoms with van der Waals surface area (Å²) in [7, 11) is 1.94. The van der Waals surface area contributed by atoms with Gasteiger partial charge in [0.05, 0.1) is 11.8 Å². The first kappa shape index (κ1) is 14.9. The molecule has 0 heterocycles. The van der Waals surface area contributed by atoms with Gasteiger partial charge in [-0.2, -0.15) is 0 Å². The summed E-state index contributed by atoms with van der Waals surface area (Å²) in [6, 6.07) is 9.94. The van der Waals surface area contributed by atoms with Gasteiger partial charge in [-0.1, -0.05) is 18.2 Å². The van der Waals surface area contributed by atoms with Crippen molar-refractivity contribution in [3.8, 4) is 5.75 Å². The summed E-state index contributed by atoms with van der Waals surface area (Å²) in [5, 5.41) is 3.34. The van der Waals surface area contributed by atoms with Gasteiger partial charge in [0.15, 0.2) is 0 Å². The Morgan fingerprint density at radius 3 is 2.50 bits per heavy atom. The smallest absolute Gasteiger partial charge is 0.211 e. The van der Waals surface area contributed by atoms with E-state index in [9.17, 15) is 4.79 Å². The van der Waals surface area contributed by atoms with E-state index in [0.29, 0.717) is 0 Å². The highest BCUT2D eigenvalue weighted by Gasteiger charge is 2.38. The molecule has 1 aromatic rings.